The van der Waals surface area contributed by atoms with E-state index in [9.17, 15) is 9.90 Å². The van der Waals surface area contributed by atoms with E-state index in [2.05, 4.69) is 18.3 Å². The molecule has 0 saturated heterocycles. The number of hydrogen-bond acceptors (Lipinski definition) is 3. The Morgan fingerprint density at radius 1 is 1.37 bits per heavy atom. The normalized spacial score (nSPS) is 26.4. The lowest BCUT2D eigenvalue weighted by Crippen LogP contribution is -2.48. The first kappa shape index (κ1) is 13.4. The summed E-state index contributed by atoms with van der Waals surface area (Å²) in [7, 11) is 0. The summed E-state index contributed by atoms with van der Waals surface area (Å²) in [6.45, 7) is 2.16. The minimum absolute atomic E-state index is 0.576. The number of nitrogens with zero attached hydrogens (tertiary/aromatic N) is 1. The Morgan fingerprint density at radius 2 is 1.95 bits per heavy atom. The molecule has 0 amide bonds. The maximum atomic E-state index is 11.6. The minimum Gasteiger partial charge on any atom is -0.480 e. The maximum Gasteiger partial charge on any atom is 0.329 e. The zero-order valence-electron chi connectivity index (χ0n) is 11.0. The Bertz CT molecular complexity index is 494. The van der Waals surface area contributed by atoms with Gasteiger partial charge < -0.3 is 10.4 Å². The predicted octanol–water partition coefficient (Wildman–Crippen LogP) is 3.00. The van der Waals surface area contributed by atoms with Gasteiger partial charge in [0.05, 0.1) is 11.6 Å². The molecule has 0 spiro atoms. The molecule has 0 radical (unpaired) electrons. The van der Waals surface area contributed by atoms with Gasteiger partial charge in [0.25, 0.3) is 0 Å². The highest BCUT2D eigenvalue weighted by Crippen LogP contribution is 2.35. The molecule has 1 fully saturated rings. The number of carboxylic acid groups (broad SMARTS) is 1. The van der Waals surface area contributed by atoms with Gasteiger partial charge in [-0.25, -0.2) is 4.79 Å². The highest BCUT2D eigenvalue weighted by molar-refractivity contribution is 5.83. The Morgan fingerprint density at radius 3 is 2.42 bits per heavy atom. The number of rotatable bonds is 3. The second kappa shape index (κ2) is 5.31. The standard InChI is InChI=1S/C15H18N2O2/c1-11-6-8-15(9-7-11,14(18)19)17-13-4-2-12(10-16)3-5-13/h2-5,11,17H,6-9H2,1H3,(H,18,19). The van der Waals surface area contributed by atoms with Crippen LogP contribution >= 0.6 is 0 Å². The number of benzene rings is 1. The molecule has 4 heteroatoms. The summed E-state index contributed by atoms with van der Waals surface area (Å²) in [5.74, 6) is -0.195. The first-order valence-corrected chi connectivity index (χ1v) is 6.57. The molecule has 1 aliphatic carbocycles. The van der Waals surface area contributed by atoms with Crippen LogP contribution in [0, 0.1) is 17.2 Å². The second-order valence-electron chi connectivity index (χ2n) is 5.38. The third-order valence-electron chi connectivity index (χ3n) is 3.93. The van der Waals surface area contributed by atoms with Crippen LogP contribution < -0.4 is 5.32 Å². The van der Waals surface area contributed by atoms with E-state index in [4.69, 9.17) is 5.26 Å². The van der Waals surface area contributed by atoms with E-state index >= 15 is 0 Å². The van der Waals surface area contributed by atoms with Crippen molar-refractivity contribution in [1.82, 2.24) is 0 Å². The van der Waals surface area contributed by atoms with Crippen LogP contribution in [0.2, 0.25) is 0 Å². The summed E-state index contributed by atoms with van der Waals surface area (Å²) < 4.78 is 0. The zero-order chi connectivity index (χ0) is 13.9. The Hall–Kier alpha value is -2.02. The van der Waals surface area contributed by atoms with E-state index in [1.54, 1.807) is 24.3 Å². The van der Waals surface area contributed by atoms with E-state index in [1.807, 2.05) is 0 Å². The van der Waals surface area contributed by atoms with Gasteiger partial charge in [0.1, 0.15) is 5.54 Å². The van der Waals surface area contributed by atoms with Crippen LogP contribution in [0.25, 0.3) is 0 Å². The van der Waals surface area contributed by atoms with Crippen LogP contribution in [0.15, 0.2) is 24.3 Å². The quantitative estimate of drug-likeness (QED) is 0.874. The van der Waals surface area contributed by atoms with Crippen LogP contribution in [0.5, 0.6) is 0 Å². The molecule has 1 aliphatic rings. The molecule has 4 nitrogen and oxygen atoms in total. The fourth-order valence-corrected chi connectivity index (χ4v) is 2.55. The molecule has 1 aromatic carbocycles. The fraction of sp³-hybridized carbons (Fsp3) is 0.467. The number of carbonyl (C=O) groups is 1. The summed E-state index contributed by atoms with van der Waals surface area (Å²) in [5.41, 5.74) is 0.476. The topological polar surface area (TPSA) is 73.1 Å². The van der Waals surface area contributed by atoms with Crippen molar-refractivity contribution in [2.75, 3.05) is 5.32 Å². The molecule has 19 heavy (non-hydrogen) atoms. The lowest BCUT2D eigenvalue weighted by atomic mass is 9.77. The van der Waals surface area contributed by atoms with Crippen molar-refractivity contribution in [1.29, 1.82) is 5.26 Å². The van der Waals surface area contributed by atoms with Crippen molar-refractivity contribution in [2.45, 2.75) is 38.1 Å². The average Bonchev–Trinajstić information content (AvgIpc) is 2.42. The van der Waals surface area contributed by atoms with Crippen LogP contribution in [-0.4, -0.2) is 16.6 Å². The average molecular weight is 258 g/mol. The van der Waals surface area contributed by atoms with Crippen molar-refractivity contribution in [3.63, 3.8) is 0 Å². The summed E-state index contributed by atoms with van der Waals surface area (Å²) >= 11 is 0. The molecule has 0 aliphatic heterocycles. The third kappa shape index (κ3) is 2.87. The number of hydrogen-bond donors (Lipinski definition) is 2. The van der Waals surface area contributed by atoms with Gasteiger partial charge in [0.2, 0.25) is 0 Å². The van der Waals surface area contributed by atoms with Crippen LogP contribution in [0.3, 0.4) is 0 Å². The molecule has 1 saturated carbocycles. The predicted molar refractivity (Wildman–Crippen MR) is 72.8 cm³/mol. The molecule has 2 rings (SSSR count). The second-order valence-corrected chi connectivity index (χ2v) is 5.38. The van der Waals surface area contributed by atoms with Gasteiger partial charge in [0.15, 0.2) is 0 Å². The molecule has 0 atom stereocenters. The molecule has 0 bridgehead atoms. The van der Waals surface area contributed by atoms with Gasteiger partial charge in [0, 0.05) is 5.69 Å². The van der Waals surface area contributed by atoms with E-state index in [0.717, 1.165) is 18.5 Å². The molecule has 1 aromatic rings. The molecular formula is C15H18N2O2. The summed E-state index contributed by atoms with van der Waals surface area (Å²) in [6, 6.07) is 8.98. The lowest BCUT2D eigenvalue weighted by Gasteiger charge is -2.37. The minimum atomic E-state index is -0.860. The molecule has 100 valence electrons. The molecule has 2 N–H and O–H groups in total. The van der Waals surface area contributed by atoms with Gasteiger partial charge in [-0.05, 0) is 55.9 Å². The van der Waals surface area contributed by atoms with E-state index in [-0.39, 0.29) is 0 Å². The summed E-state index contributed by atoms with van der Waals surface area (Å²) in [5, 5.41) is 21.4. The Balaban J connectivity index is 2.17. The summed E-state index contributed by atoms with van der Waals surface area (Å²) in [4.78, 5) is 11.6. The molecule has 0 aromatic heterocycles. The van der Waals surface area contributed by atoms with Crippen LogP contribution in [0.4, 0.5) is 5.69 Å². The zero-order valence-corrected chi connectivity index (χ0v) is 11.0. The Labute approximate surface area is 113 Å². The lowest BCUT2D eigenvalue weighted by molar-refractivity contribution is -0.143. The van der Waals surface area contributed by atoms with Gasteiger partial charge in [-0.1, -0.05) is 6.92 Å². The first-order chi connectivity index (χ1) is 9.05. The number of carboxylic acids is 1. The molecule has 0 heterocycles. The van der Waals surface area contributed by atoms with Crippen molar-refractivity contribution in [2.24, 2.45) is 5.92 Å². The number of nitriles is 1. The maximum absolute atomic E-state index is 11.6. The number of aliphatic carboxylic acids is 1. The van der Waals surface area contributed by atoms with Crippen LogP contribution in [-0.2, 0) is 4.79 Å². The monoisotopic (exact) mass is 258 g/mol. The molecule has 0 unspecified atom stereocenters. The van der Waals surface area contributed by atoms with Gasteiger partial charge >= 0.3 is 5.97 Å². The smallest absolute Gasteiger partial charge is 0.329 e. The van der Waals surface area contributed by atoms with Gasteiger partial charge in [-0.3, -0.25) is 0 Å². The van der Waals surface area contributed by atoms with E-state index in [1.165, 1.54) is 0 Å². The number of nitrogens with one attached hydrogen (secondary N) is 1. The third-order valence-corrected chi connectivity index (χ3v) is 3.93. The van der Waals surface area contributed by atoms with E-state index in [0.29, 0.717) is 24.3 Å². The highest BCUT2D eigenvalue weighted by Gasteiger charge is 2.41. The fourth-order valence-electron chi connectivity index (χ4n) is 2.55. The first-order valence-electron chi connectivity index (χ1n) is 6.57. The van der Waals surface area contributed by atoms with Crippen LogP contribution in [0.1, 0.15) is 38.2 Å². The van der Waals surface area contributed by atoms with Crippen molar-refractivity contribution in [3.05, 3.63) is 29.8 Å². The summed E-state index contributed by atoms with van der Waals surface area (Å²) in [6.07, 6.45) is 3.14. The highest BCUT2D eigenvalue weighted by atomic mass is 16.4. The Kier molecular flexibility index (Phi) is 3.75. The largest absolute Gasteiger partial charge is 0.480 e. The molecular weight excluding hydrogens is 240 g/mol. The van der Waals surface area contributed by atoms with Crippen molar-refractivity contribution < 1.29 is 9.90 Å². The van der Waals surface area contributed by atoms with Gasteiger partial charge in [-0.15, -0.1) is 0 Å². The van der Waals surface area contributed by atoms with Crippen molar-refractivity contribution in [3.8, 4) is 6.07 Å². The van der Waals surface area contributed by atoms with E-state index < -0.39 is 11.5 Å². The van der Waals surface area contributed by atoms with Gasteiger partial charge in [-0.2, -0.15) is 5.26 Å². The number of anilines is 1. The van der Waals surface area contributed by atoms with Crippen molar-refractivity contribution >= 4 is 11.7 Å². The SMILES string of the molecule is CC1CCC(Nc2ccc(C#N)cc2)(C(=O)O)CC1.